The predicted molar refractivity (Wildman–Crippen MR) is 74.7 cm³/mol. The van der Waals surface area contributed by atoms with Crippen LogP contribution < -0.4 is 5.32 Å². The van der Waals surface area contributed by atoms with Gasteiger partial charge in [-0.1, -0.05) is 19.1 Å². The largest absolute Gasteiger partial charge is 0.340 e. The maximum atomic E-state index is 10.7. The first-order valence-corrected chi connectivity index (χ1v) is 6.05. The molecule has 0 bridgehead atoms. The maximum absolute atomic E-state index is 10.7. The van der Waals surface area contributed by atoms with Gasteiger partial charge in [0.2, 0.25) is 5.69 Å². The Hall–Kier alpha value is -2.94. The standard InChI is InChI=1S/C14H12N4O2/c1-2-10-3-5-11(6-4-10)16-14-8-7-13(18(19)20)12(9-15)17-14/h3-8H,2H2,1H3,(H,16,17). The lowest BCUT2D eigenvalue weighted by molar-refractivity contribution is -0.385. The van der Waals surface area contributed by atoms with Gasteiger partial charge in [-0.15, -0.1) is 0 Å². The molecule has 0 aliphatic rings. The second-order valence-corrected chi connectivity index (χ2v) is 4.11. The molecular weight excluding hydrogens is 256 g/mol. The van der Waals surface area contributed by atoms with Crippen LogP contribution in [0.15, 0.2) is 36.4 Å². The third-order valence-electron chi connectivity index (χ3n) is 2.81. The minimum Gasteiger partial charge on any atom is -0.340 e. The Labute approximate surface area is 115 Å². The van der Waals surface area contributed by atoms with Crippen LogP contribution in [0, 0.1) is 21.4 Å². The van der Waals surface area contributed by atoms with Gasteiger partial charge in [0.25, 0.3) is 0 Å². The van der Waals surface area contributed by atoms with E-state index in [1.165, 1.54) is 17.7 Å². The Balaban J connectivity index is 2.25. The highest BCUT2D eigenvalue weighted by atomic mass is 16.6. The number of aryl methyl sites for hydroxylation is 1. The Morgan fingerprint density at radius 3 is 2.55 bits per heavy atom. The van der Waals surface area contributed by atoms with Crippen molar-refractivity contribution in [3.8, 4) is 6.07 Å². The molecule has 2 rings (SSSR count). The summed E-state index contributed by atoms with van der Waals surface area (Å²) in [6.45, 7) is 2.07. The van der Waals surface area contributed by atoms with Crippen LogP contribution in [0.4, 0.5) is 17.2 Å². The highest BCUT2D eigenvalue weighted by Crippen LogP contribution is 2.21. The number of rotatable bonds is 4. The third-order valence-corrected chi connectivity index (χ3v) is 2.81. The van der Waals surface area contributed by atoms with Gasteiger partial charge < -0.3 is 5.32 Å². The van der Waals surface area contributed by atoms with E-state index < -0.39 is 4.92 Å². The van der Waals surface area contributed by atoms with Crippen LogP contribution in [0.3, 0.4) is 0 Å². The summed E-state index contributed by atoms with van der Waals surface area (Å²) in [6, 6.07) is 12.2. The smallest absolute Gasteiger partial charge is 0.305 e. The molecule has 6 heteroatoms. The summed E-state index contributed by atoms with van der Waals surface area (Å²) in [4.78, 5) is 14.0. The molecule has 0 fully saturated rings. The molecule has 1 N–H and O–H groups in total. The number of pyridine rings is 1. The van der Waals surface area contributed by atoms with Gasteiger partial charge in [0.15, 0.2) is 0 Å². The first kappa shape index (κ1) is 13.5. The Morgan fingerprint density at radius 2 is 2.00 bits per heavy atom. The zero-order valence-corrected chi connectivity index (χ0v) is 10.8. The first-order valence-electron chi connectivity index (χ1n) is 6.05. The topological polar surface area (TPSA) is 91.9 Å². The van der Waals surface area contributed by atoms with E-state index in [1.807, 2.05) is 24.3 Å². The van der Waals surface area contributed by atoms with E-state index in [1.54, 1.807) is 6.07 Å². The van der Waals surface area contributed by atoms with E-state index in [9.17, 15) is 10.1 Å². The predicted octanol–water partition coefficient (Wildman–Crippen LogP) is 3.17. The molecule has 1 aromatic heterocycles. The lowest BCUT2D eigenvalue weighted by Gasteiger charge is -2.06. The molecule has 0 saturated carbocycles. The number of hydrogen-bond donors (Lipinski definition) is 1. The summed E-state index contributed by atoms with van der Waals surface area (Å²) < 4.78 is 0. The molecule has 2 aromatic rings. The molecule has 0 amide bonds. The summed E-state index contributed by atoms with van der Waals surface area (Å²) in [5, 5.41) is 22.6. The summed E-state index contributed by atoms with van der Waals surface area (Å²) >= 11 is 0. The number of nitriles is 1. The minimum atomic E-state index is -0.620. The summed E-state index contributed by atoms with van der Waals surface area (Å²) in [5.41, 5.74) is 1.53. The number of nitrogens with one attached hydrogen (secondary N) is 1. The normalized spacial score (nSPS) is 9.80. The molecule has 0 radical (unpaired) electrons. The minimum absolute atomic E-state index is 0.204. The Morgan fingerprint density at radius 1 is 1.30 bits per heavy atom. The highest BCUT2D eigenvalue weighted by molar-refractivity contribution is 5.59. The number of benzene rings is 1. The monoisotopic (exact) mass is 268 g/mol. The van der Waals surface area contributed by atoms with E-state index >= 15 is 0 Å². The van der Waals surface area contributed by atoms with E-state index in [0.717, 1.165) is 12.1 Å². The van der Waals surface area contributed by atoms with Gasteiger partial charge in [0.1, 0.15) is 11.9 Å². The van der Waals surface area contributed by atoms with E-state index in [-0.39, 0.29) is 11.4 Å². The lowest BCUT2D eigenvalue weighted by Crippen LogP contribution is -1.99. The second-order valence-electron chi connectivity index (χ2n) is 4.11. The molecule has 100 valence electrons. The van der Waals surface area contributed by atoms with Crippen molar-refractivity contribution in [1.29, 1.82) is 5.26 Å². The van der Waals surface area contributed by atoms with Crippen LogP contribution in [-0.2, 0) is 6.42 Å². The number of aromatic nitrogens is 1. The molecule has 0 unspecified atom stereocenters. The van der Waals surface area contributed by atoms with Gasteiger partial charge in [-0.05, 0) is 30.2 Å². The van der Waals surface area contributed by atoms with Crippen molar-refractivity contribution < 1.29 is 4.92 Å². The van der Waals surface area contributed by atoms with Crippen molar-refractivity contribution in [2.75, 3.05) is 5.32 Å². The maximum Gasteiger partial charge on any atom is 0.305 e. The fourth-order valence-electron chi connectivity index (χ4n) is 1.72. The third kappa shape index (κ3) is 2.90. The number of nitrogens with zero attached hydrogens (tertiary/aromatic N) is 3. The zero-order valence-electron chi connectivity index (χ0n) is 10.8. The van der Waals surface area contributed by atoms with E-state index in [2.05, 4.69) is 17.2 Å². The van der Waals surface area contributed by atoms with Gasteiger partial charge in [0, 0.05) is 11.8 Å². The van der Waals surface area contributed by atoms with Crippen LogP contribution in [0.2, 0.25) is 0 Å². The molecule has 1 heterocycles. The summed E-state index contributed by atoms with van der Waals surface area (Å²) in [6.07, 6.45) is 0.953. The summed E-state index contributed by atoms with van der Waals surface area (Å²) in [5.74, 6) is 0.399. The zero-order chi connectivity index (χ0) is 14.5. The van der Waals surface area contributed by atoms with Gasteiger partial charge in [-0.25, -0.2) is 4.98 Å². The van der Waals surface area contributed by atoms with Crippen molar-refractivity contribution in [1.82, 2.24) is 4.98 Å². The molecule has 0 aliphatic carbocycles. The lowest BCUT2D eigenvalue weighted by atomic mass is 10.1. The summed E-state index contributed by atoms with van der Waals surface area (Å²) in [7, 11) is 0. The molecule has 6 nitrogen and oxygen atoms in total. The van der Waals surface area contributed by atoms with Gasteiger partial charge in [-0.2, -0.15) is 5.26 Å². The van der Waals surface area contributed by atoms with Crippen molar-refractivity contribution in [3.63, 3.8) is 0 Å². The first-order chi connectivity index (χ1) is 9.63. The van der Waals surface area contributed by atoms with Crippen molar-refractivity contribution >= 4 is 17.2 Å². The van der Waals surface area contributed by atoms with Crippen LogP contribution >= 0.6 is 0 Å². The fraction of sp³-hybridized carbons (Fsp3) is 0.143. The highest BCUT2D eigenvalue weighted by Gasteiger charge is 2.15. The molecule has 20 heavy (non-hydrogen) atoms. The van der Waals surface area contributed by atoms with Gasteiger partial charge >= 0.3 is 5.69 Å². The van der Waals surface area contributed by atoms with E-state index in [0.29, 0.717) is 5.82 Å². The van der Waals surface area contributed by atoms with Gasteiger partial charge in [-0.3, -0.25) is 10.1 Å². The molecule has 0 saturated heterocycles. The second kappa shape index (κ2) is 5.80. The molecule has 0 spiro atoms. The molecule has 0 atom stereocenters. The average Bonchev–Trinajstić information content (AvgIpc) is 2.47. The SMILES string of the molecule is CCc1ccc(Nc2ccc([N+](=O)[O-])c(C#N)n2)cc1. The Kier molecular flexibility index (Phi) is 3.91. The van der Waals surface area contributed by atoms with Crippen molar-refractivity contribution in [3.05, 3.63) is 57.8 Å². The van der Waals surface area contributed by atoms with Crippen LogP contribution in [0.5, 0.6) is 0 Å². The fourth-order valence-corrected chi connectivity index (χ4v) is 1.72. The van der Waals surface area contributed by atoms with Crippen LogP contribution in [0.25, 0.3) is 0 Å². The quantitative estimate of drug-likeness (QED) is 0.679. The van der Waals surface area contributed by atoms with Gasteiger partial charge in [0.05, 0.1) is 4.92 Å². The molecule has 0 aliphatic heterocycles. The molecular formula is C14H12N4O2. The van der Waals surface area contributed by atoms with Crippen LogP contribution in [0.1, 0.15) is 18.2 Å². The van der Waals surface area contributed by atoms with E-state index in [4.69, 9.17) is 5.26 Å². The molecule has 1 aromatic carbocycles. The van der Waals surface area contributed by atoms with Crippen LogP contribution in [-0.4, -0.2) is 9.91 Å². The number of nitro groups is 1. The Bertz CT molecular complexity index is 675. The number of anilines is 2. The number of hydrogen-bond acceptors (Lipinski definition) is 5. The average molecular weight is 268 g/mol. The van der Waals surface area contributed by atoms with Crippen molar-refractivity contribution in [2.45, 2.75) is 13.3 Å². The van der Waals surface area contributed by atoms with Crippen molar-refractivity contribution in [2.24, 2.45) is 0 Å².